The normalized spacial score (nSPS) is 11.3. The van der Waals surface area contributed by atoms with Gasteiger partial charge in [-0.15, -0.1) is 11.3 Å². The molecule has 0 unspecified atom stereocenters. The number of halogens is 4. The highest BCUT2D eigenvalue weighted by Gasteiger charge is 2.34. The Morgan fingerprint density at radius 3 is 2.57 bits per heavy atom. The van der Waals surface area contributed by atoms with E-state index in [2.05, 4.69) is 25.6 Å². The lowest BCUT2D eigenvalue weighted by Gasteiger charge is -2.11. The Labute approximate surface area is 160 Å². The van der Waals surface area contributed by atoms with Crippen molar-refractivity contribution >= 4 is 23.2 Å². The van der Waals surface area contributed by atoms with Crippen molar-refractivity contribution in [2.24, 2.45) is 0 Å². The summed E-state index contributed by atoms with van der Waals surface area (Å²) in [4.78, 5) is 23.0. The van der Waals surface area contributed by atoms with E-state index in [0.717, 1.165) is 22.8 Å². The lowest BCUT2D eigenvalue weighted by molar-refractivity contribution is -0.140. The second-order valence-corrected chi connectivity index (χ2v) is 6.36. The summed E-state index contributed by atoms with van der Waals surface area (Å²) in [5.41, 5.74) is 0.121. The molecule has 28 heavy (non-hydrogen) atoms. The van der Waals surface area contributed by atoms with Gasteiger partial charge in [0.15, 0.2) is 5.69 Å². The van der Waals surface area contributed by atoms with Crippen molar-refractivity contribution in [2.45, 2.75) is 13.1 Å². The molecule has 0 atom stereocenters. The Morgan fingerprint density at radius 1 is 1.18 bits per heavy atom. The molecule has 0 aliphatic carbocycles. The van der Waals surface area contributed by atoms with Gasteiger partial charge >= 0.3 is 12.2 Å². The smallest absolute Gasteiger partial charge is 0.338 e. The molecule has 0 radical (unpaired) electrons. The first-order chi connectivity index (χ1) is 13.3. The molecule has 0 aliphatic heterocycles. The summed E-state index contributed by atoms with van der Waals surface area (Å²) in [5.74, 6) is -0.565. The summed E-state index contributed by atoms with van der Waals surface area (Å²) >= 11 is 0.798. The van der Waals surface area contributed by atoms with Crippen LogP contribution in [0.1, 0.15) is 12.6 Å². The van der Waals surface area contributed by atoms with Crippen LogP contribution in [-0.4, -0.2) is 27.5 Å². The van der Waals surface area contributed by atoms with Crippen LogP contribution in [0.25, 0.3) is 21.7 Å². The van der Waals surface area contributed by atoms with Gasteiger partial charge in [0.2, 0.25) is 5.95 Å². The molecule has 0 aliphatic rings. The van der Waals surface area contributed by atoms with E-state index in [1.807, 2.05) is 0 Å². The highest BCUT2D eigenvalue weighted by Crippen LogP contribution is 2.38. The first kappa shape index (κ1) is 19.7. The second-order valence-electron chi connectivity index (χ2n) is 5.50. The Balaban J connectivity index is 2.08. The molecule has 2 amide bonds. The van der Waals surface area contributed by atoms with E-state index in [4.69, 9.17) is 0 Å². The average molecular weight is 411 g/mol. The molecule has 11 heteroatoms. The number of pyridine rings is 2. The van der Waals surface area contributed by atoms with Crippen LogP contribution in [0.5, 0.6) is 0 Å². The van der Waals surface area contributed by atoms with Crippen molar-refractivity contribution in [3.8, 4) is 21.7 Å². The maximum atomic E-state index is 13.1. The van der Waals surface area contributed by atoms with Gasteiger partial charge < -0.3 is 5.32 Å². The SMILES string of the molecule is CCNC(=O)Nc1cc(-c2nc(C(F)(F)F)cs2)c(-c2ccc(F)nc2)cn1. The number of anilines is 1. The van der Waals surface area contributed by atoms with Gasteiger partial charge in [0.1, 0.15) is 10.8 Å². The van der Waals surface area contributed by atoms with Gasteiger partial charge in [-0.2, -0.15) is 17.6 Å². The fraction of sp³-hybridized carbons (Fsp3) is 0.176. The number of amides is 2. The molecule has 146 valence electrons. The lowest BCUT2D eigenvalue weighted by atomic mass is 10.0. The van der Waals surface area contributed by atoms with Crippen LogP contribution < -0.4 is 10.6 Å². The highest BCUT2D eigenvalue weighted by molar-refractivity contribution is 7.13. The number of hydrogen-bond donors (Lipinski definition) is 2. The Bertz CT molecular complexity index is 988. The predicted molar refractivity (Wildman–Crippen MR) is 96.2 cm³/mol. The minimum atomic E-state index is -4.58. The van der Waals surface area contributed by atoms with E-state index in [1.54, 1.807) is 6.92 Å². The third-order valence-corrected chi connectivity index (χ3v) is 4.42. The van der Waals surface area contributed by atoms with Gasteiger partial charge in [-0.3, -0.25) is 5.32 Å². The number of hydrogen-bond acceptors (Lipinski definition) is 5. The topological polar surface area (TPSA) is 79.8 Å². The van der Waals surface area contributed by atoms with E-state index < -0.39 is 23.8 Å². The predicted octanol–water partition coefficient (Wildman–Crippen LogP) is 4.57. The van der Waals surface area contributed by atoms with Crippen LogP contribution in [0.3, 0.4) is 0 Å². The minimum absolute atomic E-state index is 0.0769. The molecular weight excluding hydrogens is 398 g/mol. The Morgan fingerprint density at radius 2 is 1.96 bits per heavy atom. The van der Waals surface area contributed by atoms with Crippen LogP contribution in [0.2, 0.25) is 0 Å². The largest absolute Gasteiger partial charge is 0.434 e. The van der Waals surface area contributed by atoms with E-state index in [0.29, 0.717) is 23.2 Å². The van der Waals surface area contributed by atoms with Gasteiger partial charge in [0, 0.05) is 41.0 Å². The molecule has 3 aromatic heterocycles. The Kier molecular flexibility index (Phi) is 5.54. The molecule has 3 rings (SSSR count). The number of alkyl halides is 3. The number of rotatable bonds is 4. The van der Waals surface area contributed by atoms with Crippen molar-refractivity contribution in [3.63, 3.8) is 0 Å². The summed E-state index contributed by atoms with van der Waals surface area (Å²) in [6.45, 7) is 2.12. The second kappa shape index (κ2) is 7.89. The maximum Gasteiger partial charge on any atom is 0.434 e. The molecule has 0 fully saturated rings. The van der Waals surface area contributed by atoms with Crippen molar-refractivity contribution in [2.75, 3.05) is 11.9 Å². The van der Waals surface area contributed by atoms with Crippen LogP contribution in [-0.2, 0) is 6.18 Å². The van der Waals surface area contributed by atoms with Crippen molar-refractivity contribution < 1.29 is 22.4 Å². The zero-order valence-electron chi connectivity index (χ0n) is 14.3. The number of nitrogens with one attached hydrogen (secondary N) is 2. The summed E-state index contributed by atoms with van der Waals surface area (Å²) in [6, 6.07) is 3.46. The number of carbonyl (C=O) groups excluding carboxylic acids is 1. The quantitative estimate of drug-likeness (QED) is 0.487. The standard InChI is InChI=1S/C17H13F4N5OS/c1-2-22-16(27)26-14-5-10(15-25-12(8-28-15)17(19,20)21)11(7-24-14)9-3-4-13(18)23-6-9/h3-8H,2H2,1H3,(H2,22,24,26,27). The van der Waals surface area contributed by atoms with Gasteiger partial charge in [-0.25, -0.2) is 19.7 Å². The molecule has 6 nitrogen and oxygen atoms in total. The average Bonchev–Trinajstić information content (AvgIpc) is 3.13. The maximum absolute atomic E-state index is 13.1. The summed E-state index contributed by atoms with van der Waals surface area (Å²) in [5, 5.41) is 6.00. The molecule has 0 saturated heterocycles. The number of carbonyl (C=O) groups is 1. The molecule has 0 saturated carbocycles. The van der Waals surface area contributed by atoms with Crippen molar-refractivity contribution in [1.29, 1.82) is 0 Å². The molecule has 0 bridgehead atoms. The molecule has 2 N–H and O–H groups in total. The Hall–Kier alpha value is -3.08. The monoisotopic (exact) mass is 411 g/mol. The molecular formula is C17H13F4N5OS. The van der Waals surface area contributed by atoms with E-state index >= 15 is 0 Å². The molecule has 3 heterocycles. The minimum Gasteiger partial charge on any atom is -0.338 e. The fourth-order valence-corrected chi connectivity index (χ4v) is 3.17. The molecule has 3 aromatic rings. The van der Waals surface area contributed by atoms with Crippen LogP contribution in [0, 0.1) is 5.95 Å². The zero-order valence-corrected chi connectivity index (χ0v) is 15.2. The third kappa shape index (κ3) is 4.42. The molecule has 0 spiro atoms. The summed E-state index contributed by atoms with van der Waals surface area (Å²) in [7, 11) is 0. The van der Waals surface area contributed by atoms with Gasteiger partial charge in [-0.05, 0) is 25.1 Å². The van der Waals surface area contributed by atoms with Crippen molar-refractivity contribution in [1.82, 2.24) is 20.3 Å². The van der Waals surface area contributed by atoms with Crippen LogP contribution in [0.15, 0.2) is 36.0 Å². The molecule has 0 aromatic carbocycles. The van der Waals surface area contributed by atoms with Gasteiger partial charge in [-0.1, -0.05) is 0 Å². The van der Waals surface area contributed by atoms with E-state index in [9.17, 15) is 22.4 Å². The summed E-state index contributed by atoms with van der Waals surface area (Å²) in [6.07, 6.45) is -1.98. The number of nitrogens with zero attached hydrogens (tertiary/aromatic N) is 3. The van der Waals surface area contributed by atoms with Crippen LogP contribution in [0.4, 0.5) is 28.2 Å². The number of thiazole rings is 1. The zero-order chi connectivity index (χ0) is 20.3. The van der Waals surface area contributed by atoms with Gasteiger partial charge in [0.05, 0.1) is 0 Å². The van der Waals surface area contributed by atoms with E-state index in [-0.39, 0.29) is 10.8 Å². The first-order valence-corrected chi connectivity index (χ1v) is 8.86. The number of urea groups is 1. The highest BCUT2D eigenvalue weighted by atomic mass is 32.1. The summed E-state index contributed by atoms with van der Waals surface area (Å²) < 4.78 is 51.9. The van der Waals surface area contributed by atoms with Crippen molar-refractivity contribution in [3.05, 3.63) is 47.6 Å². The van der Waals surface area contributed by atoms with E-state index in [1.165, 1.54) is 24.5 Å². The number of aromatic nitrogens is 3. The lowest BCUT2D eigenvalue weighted by Crippen LogP contribution is -2.28. The third-order valence-electron chi connectivity index (χ3n) is 3.55. The van der Waals surface area contributed by atoms with Gasteiger partial charge in [0.25, 0.3) is 0 Å². The van der Waals surface area contributed by atoms with Crippen LogP contribution >= 0.6 is 11.3 Å². The fourth-order valence-electron chi connectivity index (χ4n) is 2.31. The first-order valence-electron chi connectivity index (χ1n) is 7.98.